The Morgan fingerprint density at radius 3 is 2.43 bits per heavy atom. The monoisotopic (exact) mass is 378 g/mol. The van der Waals surface area contributed by atoms with Crippen LogP contribution in [0.2, 0.25) is 0 Å². The highest BCUT2D eigenvalue weighted by molar-refractivity contribution is 6.01. The second-order valence-corrected chi connectivity index (χ2v) is 6.68. The number of aryl methyl sites for hydroxylation is 3. The van der Waals surface area contributed by atoms with Crippen LogP contribution < -0.4 is 5.73 Å². The third-order valence-corrected chi connectivity index (χ3v) is 4.73. The maximum absolute atomic E-state index is 12.6. The smallest absolute Gasteiger partial charge is 0.361 e. The van der Waals surface area contributed by atoms with Crippen LogP contribution in [0.1, 0.15) is 43.4 Å². The van der Waals surface area contributed by atoms with E-state index in [9.17, 15) is 9.59 Å². The molecule has 0 aliphatic heterocycles. The Morgan fingerprint density at radius 1 is 1.04 bits per heavy atom. The molecule has 7 heteroatoms. The summed E-state index contributed by atoms with van der Waals surface area (Å²) in [5, 5.41) is 0. The number of carbonyl (C=O) groups is 2. The molecular formula is C21H22N4O3. The van der Waals surface area contributed by atoms with Gasteiger partial charge in [0.25, 0.3) is 0 Å². The van der Waals surface area contributed by atoms with Gasteiger partial charge in [-0.2, -0.15) is 0 Å². The first-order valence-electron chi connectivity index (χ1n) is 8.83. The van der Waals surface area contributed by atoms with Gasteiger partial charge >= 0.3 is 5.97 Å². The molecule has 0 saturated heterocycles. The lowest BCUT2D eigenvalue weighted by molar-refractivity contribution is 0.0469. The summed E-state index contributed by atoms with van der Waals surface area (Å²) in [6.07, 6.45) is 2.71. The number of benzene rings is 1. The number of carbonyl (C=O) groups excluding carboxylic acids is 2. The average molecular weight is 378 g/mol. The van der Waals surface area contributed by atoms with Crippen LogP contribution in [0.5, 0.6) is 0 Å². The lowest BCUT2D eigenvalue weighted by atomic mass is 10.1. The van der Waals surface area contributed by atoms with Crippen LogP contribution in [0.15, 0.2) is 36.7 Å². The van der Waals surface area contributed by atoms with Crippen molar-refractivity contribution in [3.63, 3.8) is 0 Å². The topological polar surface area (TPSA) is 100 Å². The molecule has 3 aromatic rings. The molecule has 3 rings (SSSR count). The third kappa shape index (κ3) is 3.64. The number of nitrogen functional groups attached to an aromatic ring is 1. The summed E-state index contributed by atoms with van der Waals surface area (Å²) in [6.45, 7) is 7.52. The molecule has 2 heterocycles. The lowest BCUT2D eigenvalue weighted by Gasteiger charge is -2.12. The van der Waals surface area contributed by atoms with Crippen molar-refractivity contribution in [3.8, 4) is 5.69 Å². The first-order valence-corrected chi connectivity index (χ1v) is 8.83. The Balaban J connectivity index is 1.80. The minimum atomic E-state index is -0.776. The predicted octanol–water partition coefficient (Wildman–Crippen LogP) is 3.12. The summed E-state index contributed by atoms with van der Waals surface area (Å²) in [6, 6.07) is 7.96. The number of nitrogens with zero attached hydrogens (tertiary/aromatic N) is 3. The maximum Gasteiger partial charge on any atom is 0.361 e. The van der Waals surface area contributed by atoms with Crippen LogP contribution in [0, 0.1) is 27.7 Å². The van der Waals surface area contributed by atoms with Crippen LogP contribution in [-0.4, -0.2) is 32.9 Å². The Bertz CT molecular complexity index is 1070. The number of hydrogen-bond donors (Lipinski definition) is 1. The van der Waals surface area contributed by atoms with Gasteiger partial charge in [0.15, 0.2) is 18.1 Å². The van der Waals surface area contributed by atoms with Crippen LogP contribution in [0.3, 0.4) is 0 Å². The minimum absolute atomic E-state index is 0.0344. The molecule has 0 unspecified atom stereocenters. The van der Waals surface area contributed by atoms with Crippen molar-refractivity contribution in [1.29, 1.82) is 0 Å². The number of esters is 1. The lowest BCUT2D eigenvalue weighted by Crippen LogP contribution is -2.17. The number of rotatable bonds is 5. The molecule has 1 aromatic carbocycles. The molecule has 28 heavy (non-hydrogen) atoms. The Morgan fingerprint density at radius 2 is 1.75 bits per heavy atom. The fourth-order valence-corrected chi connectivity index (χ4v) is 3.09. The highest BCUT2D eigenvalue weighted by atomic mass is 16.5. The number of Topliss-reactive ketones (excluding diaryl/α,β-unsaturated/α-hetero) is 1. The van der Waals surface area contributed by atoms with E-state index in [0.717, 1.165) is 17.1 Å². The Labute approximate surface area is 163 Å². The predicted molar refractivity (Wildman–Crippen MR) is 106 cm³/mol. The Kier molecular flexibility index (Phi) is 5.26. The number of anilines is 1. The van der Waals surface area contributed by atoms with Crippen LogP contribution in [-0.2, 0) is 4.74 Å². The molecule has 0 atom stereocenters. The van der Waals surface area contributed by atoms with E-state index >= 15 is 0 Å². The third-order valence-electron chi connectivity index (χ3n) is 4.73. The summed E-state index contributed by atoms with van der Waals surface area (Å²) in [5.41, 5.74) is 11.1. The summed E-state index contributed by atoms with van der Waals surface area (Å²) >= 11 is 0. The van der Waals surface area contributed by atoms with E-state index in [1.807, 2.05) is 24.5 Å². The van der Waals surface area contributed by atoms with Gasteiger partial charge < -0.3 is 15.0 Å². The summed E-state index contributed by atoms with van der Waals surface area (Å²) in [7, 11) is 0. The van der Waals surface area contributed by atoms with Crippen molar-refractivity contribution in [3.05, 3.63) is 70.4 Å². The van der Waals surface area contributed by atoms with Gasteiger partial charge in [-0.3, -0.25) is 4.79 Å². The molecule has 2 aromatic heterocycles. The first kappa shape index (κ1) is 19.3. The fourth-order valence-electron chi connectivity index (χ4n) is 3.09. The normalized spacial score (nSPS) is 10.7. The quantitative estimate of drug-likeness (QED) is 0.541. The zero-order valence-corrected chi connectivity index (χ0v) is 16.3. The first-order chi connectivity index (χ1) is 13.3. The molecule has 0 aliphatic rings. The molecular weight excluding hydrogens is 356 g/mol. The van der Waals surface area contributed by atoms with Gasteiger partial charge in [-0.05, 0) is 57.0 Å². The van der Waals surface area contributed by atoms with Crippen molar-refractivity contribution in [2.75, 3.05) is 12.3 Å². The second-order valence-electron chi connectivity index (χ2n) is 6.68. The van der Waals surface area contributed by atoms with E-state index in [4.69, 9.17) is 10.5 Å². The number of ketones is 1. The molecule has 0 fully saturated rings. The average Bonchev–Trinajstić information content (AvgIpc) is 2.96. The van der Waals surface area contributed by atoms with E-state index in [2.05, 4.69) is 35.9 Å². The summed E-state index contributed by atoms with van der Waals surface area (Å²) in [5.74, 6) is -1.10. The number of aromatic nitrogens is 3. The summed E-state index contributed by atoms with van der Waals surface area (Å²) in [4.78, 5) is 32.4. The van der Waals surface area contributed by atoms with E-state index in [1.165, 1.54) is 23.5 Å². The number of nitrogens with two attached hydrogens (primary N) is 1. The number of hydrogen-bond acceptors (Lipinski definition) is 6. The van der Waals surface area contributed by atoms with Gasteiger partial charge in [-0.1, -0.05) is 6.07 Å². The molecule has 0 aliphatic carbocycles. The summed E-state index contributed by atoms with van der Waals surface area (Å²) < 4.78 is 7.11. The van der Waals surface area contributed by atoms with Crippen LogP contribution in [0.4, 0.5) is 5.82 Å². The minimum Gasteiger partial charge on any atom is -0.452 e. The van der Waals surface area contributed by atoms with Crippen LogP contribution in [0.25, 0.3) is 5.69 Å². The number of ether oxygens (including phenoxy) is 1. The second kappa shape index (κ2) is 7.64. The zero-order chi connectivity index (χ0) is 20.4. The van der Waals surface area contributed by atoms with E-state index in [-0.39, 0.29) is 17.3 Å². The maximum atomic E-state index is 12.6. The van der Waals surface area contributed by atoms with Gasteiger partial charge in [-0.25, -0.2) is 14.8 Å². The highest BCUT2D eigenvalue weighted by Crippen LogP contribution is 2.23. The molecule has 0 radical (unpaired) electrons. The molecule has 0 spiro atoms. The van der Waals surface area contributed by atoms with Gasteiger partial charge in [0.2, 0.25) is 5.78 Å². The zero-order valence-electron chi connectivity index (χ0n) is 16.3. The Hall–Kier alpha value is -3.48. The molecule has 144 valence electrons. The van der Waals surface area contributed by atoms with Crippen molar-refractivity contribution < 1.29 is 14.3 Å². The van der Waals surface area contributed by atoms with Crippen molar-refractivity contribution >= 4 is 17.6 Å². The molecule has 7 nitrogen and oxygen atoms in total. The van der Waals surface area contributed by atoms with E-state index in [0.29, 0.717) is 5.56 Å². The molecule has 0 saturated carbocycles. The highest BCUT2D eigenvalue weighted by Gasteiger charge is 2.20. The molecule has 0 amide bonds. The largest absolute Gasteiger partial charge is 0.452 e. The van der Waals surface area contributed by atoms with Gasteiger partial charge in [0.1, 0.15) is 0 Å². The van der Waals surface area contributed by atoms with Gasteiger partial charge in [-0.15, -0.1) is 0 Å². The van der Waals surface area contributed by atoms with Crippen molar-refractivity contribution in [2.45, 2.75) is 27.7 Å². The van der Waals surface area contributed by atoms with E-state index < -0.39 is 12.6 Å². The molecule has 2 N–H and O–H groups in total. The van der Waals surface area contributed by atoms with Gasteiger partial charge in [0, 0.05) is 35.0 Å². The van der Waals surface area contributed by atoms with Crippen molar-refractivity contribution in [1.82, 2.24) is 14.5 Å². The SMILES string of the molecule is Cc1ccc(-n2c(C)cc(C(=O)COC(=O)c3nccnc3N)c2C)cc1C. The van der Waals surface area contributed by atoms with Gasteiger partial charge in [0.05, 0.1) is 0 Å². The molecule has 0 bridgehead atoms. The van der Waals surface area contributed by atoms with E-state index in [1.54, 1.807) is 6.07 Å². The standard InChI is InChI=1S/C21H22N4O3/c1-12-5-6-16(9-13(12)2)25-14(3)10-17(15(25)4)18(26)11-28-21(27)19-20(22)24-8-7-23-19/h5-10H,11H2,1-4H3,(H2,22,24). The fraction of sp³-hybridized carbons (Fsp3) is 0.238. The van der Waals surface area contributed by atoms with Crippen LogP contribution >= 0.6 is 0 Å². The van der Waals surface area contributed by atoms with Crippen molar-refractivity contribution in [2.24, 2.45) is 0 Å².